The van der Waals surface area contributed by atoms with Crippen molar-refractivity contribution in [2.45, 2.75) is 51.0 Å². The quantitative estimate of drug-likeness (QED) is 0.693. The number of halogens is 1. The minimum absolute atomic E-state index is 0.0149. The molecule has 1 N–H and O–H groups in total. The summed E-state index contributed by atoms with van der Waals surface area (Å²) in [6.45, 7) is 6.05. The fourth-order valence-electron chi connectivity index (χ4n) is 4.25. The van der Waals surface area contributed by atoms with Crippen LogP contribution in [0.4, 0.5) is 4.39 Å². The third-order valence-corrected chi connectivity index (χ3v) is 6.80. The lowest BCUT2D eigenvalue weighted by atomic mass is 9.98. The summed E-state index contributed by atoms with van der Waals surface area (Å²) in [5.41, 5.74) is 5.91. The summed E-state index contributed by atoms with van der Waals surface area (Å²) >= 11 is 1.71. The molecule has 1 atom stereocenters. The minimum Gasteiger partial charge on any atom is -0.349 e. The summed E-state index contributed by atoms with van der Waals surface area (Å²) in [5, 5.41) is 8.66. The maximum Gasteiger partial charge on any atom is 0.220 e. The van der Waals surface area contributed by atoms with E-state index in [4.69, 9.17) is 4.98 Å². The summed E-state index contributed by atoms with van der Waals surface area (Å²) in [6, 6.07) is 4.70. The number of carbonyl (C=O) groups is 1. The van der Waals surface area contributed by atoms with Gasteiger partial charge in [0, 0.05) is 35.2 Å². The van der Waals surface area contributed by atoms with Gasteiger partial charge in [0.2, 0.25) is 5.91 Å². The molecule has 152 valence electrons. The Kier molecular flexibility index (Phi) is 5.34. The van der Waals surface area contributed by atoms with Crippen LogP contribution in [0.15, 0.2) is 23.1 Å². The van der Waals surface area contributed by atoms with Crippen molar-refractivity contribution in [1.29, 1.82) is 0 Å². The average molecular weight is 413 g/mol. The fraction of sp³-hybridized carbons (Fsp3) is 0.409. The van der Waals surface area contributed by atoms with Gasteiger partial charge in [-0.15, -0.1) is 11.8 Å². The number of fused-ring (bicyclic) bond motifs is 2. The van der Waals surface area contributed by atoms with E-state index in [1.54, 1.807) is 28.6 Å². The Morgan fingerprint density at radius 1 is 1.31 bits per heavy atom. The molecule has 4 rings (SSSR count). The van der Waals surface area contributed by atoms with Crippen molar-refractivity contribution in [3.05, 3.63) is 52.1 Å². The van der Waals surface area contributed by atoms with Gasteiger partial charge in [-0.3, -0.25) is 9.48 Å². The zero-order valence-corrected chi connectivity index (χ0v) is 18.0. The van der Waals surface area contributed by atoms with Crippen LogP contribution < -0.4 is 5.32 Å². The third kappa shape index (κ3) is 3.75. The van der Waals surface area contributed by atoms with Gasteiger partial charge in [0.25, 0.3) is 0 Å². The van der Waals surface area contributed by atoms with Gasteiger partial charge in [0.1, 0.15) is 5.82 Å². The largest absolute Gasteiger partial charge is 0.349 e. The minimum atomic E-state index is -0.261. The molecule has 3 heterocycles. The summed E-state index contributed by atoms with van der Waals surface area (Å²) in [7, 11) is 1.90. The van der Waals surface area contributed by atoms with E-state index in [0.29, 0.717) is 12.8 Å². The van der Waals surface area contributed by atoms with Gasteiger partial charge >= 0.3 is 0 Å². The molecule has 2 aromatic heterocycles. The standard InChI is InChI=1S/C22H25FN4OS/c1-12-16(13(2)24-22-21(12)14(3)26-27(22)4)6-8-20(28)25-18-9-10-29-19-7-5-15(23)11-17(18)19/h5,7,11,18H,6,8-10H2,1-4H3,(H,25,28). The Morgan fingerprint density at radius 2 is 2.10 bits per heavy atom. The highest BCUT2D eigenvalue weighted by molar-refractivity contribution is 7.99. The first-order chi connectivity index (χ1) is 13.8. The van der Waals surface area contributed by atoms with Crippen LogP contribution in [-0.4, -0.2) is 26.4 Å². The van der Waals surface area contributed by atoms with Crippen molar-refractivity contribution < 1.29 is 9.18 Å². The molecule has 1 aliphatic rings. The predicted molar refractivity (Wildman–Crippen MR) is 114 cm³/mol. The molecule has 0 aliphatic carbocycles. The van der Waals surface area contributed by atoms with Crippen LogP contribution in [0.25, 0.3) is 11.0 Å². The number of amides is 1. The number of nitrogens with one attached hydrogen (secondary N) is 1. The van der Waals surface area contributed by atoms with Crippen LogP contribution in [0.3, 0.4) is 0 Å². The molecular weight excluding hydrogens is 387 g/mol. The summed E-state index contributed by atoms with van der Waals surface area (Å²) < 4.78 is 15.5. The number of thioether (sulfide) groups is 1. The molecule has 0 fully saturated rings. The molecule has 3 aromatic rings. The Hall–Kier alpha value is -2.41. The van der Waals surface area contributed by atoms with Crippen molar-refractivity contribution in [2.24, 2.45) is 7.05 Å². The number of nitrogens with zero attached hydrogens (tertiary/aromatic N) is 3. The first kappa shape index (κ1) is 19.9. The van der Waals surface area contributed by atoms with Crippen molar-refractivity contribution in [1.82, 2.24) is 20.1 Å². The Balaban J connectivity index is 1.50. The first-order valence-corrected chi connectivity index (χ1v) is 10.8. The lowest BCUT2D eigenvalue weighted by molar-refractivity contribution is -0.121. The van der Waals surface area contributed by atoms with Gasteiger partial charge in [0.15, 0.2) is 5.65 Å². The van der Waals surface area contributed by atoms with Crippen LogP contribution in [-0.2, 0) is 18.3 Å². The summed E-state index contributed by atoms with van der Waals surface area (Å²) in [6.07, 6.45) is 1.81. The predicted octanol–water partition coefficient (Wildman–Crippen LogP) is 4.32. The molecule has 1 aromatic carbocycles. The molecule has 1 amide bonds. The highest BCUT2D eigenvalue weighted by atomic mass is 32.2. The number of benzene rings is 1. The van der Waals surface area contributed by atoms with E-state index in [1.807, 2.05) is 20.9 Å². The smallest absolute Gasteiger partial charge is 0.220 e. The second-order valence-electron chi connectivity index (χ2n) is 7.65. The number of rotatable bonds is 4. The van der Waals surface area contributed by atoms with E-state index in [9.17, 15) is 9.18 Å². The monoisotopic (exact) mass is 412 g/mol. The van der Waals surface area contributed by atoms with Crippen molar-refractivity contribution >= 4 is 28.7 Å². The highest BCUT2D eigenvalue weighted by Gasteiger charge is 2.23. The molecule has 5 nitrogen and oxygen atoms in total. The normalized spacial score (nSPS) is 16.1. The van der Waals surface area contributed by atoms with Gasteiger partial charge in [0.05, 0.1) is 11.7 Å². The van der Waals surface area contributed by atoms with Gasteiger partial charge in [-0.1, -0.05) is 0 Å². The molecule has 0 radical (unpaired) electrons. The van der Waals surface area contributed by atoms with Crippen LogP contribution >= 0.6 is 11.8 Å². The molecule has 7 heteroatoms. The second-order valence-corrected chi connectivity index (χ2v) is 8.78. The Bertz CT molecular complexity index is 1110. The maximum atomic E-state index is 13.7. The third-order valence-electron chi connectivity index (χ3n) is 5.68. The fourth-order valence-corrected chi connectivity index (χ4v) is 5.36. The van der Waals surface area contributed by atoms with E-state index < -0.39 is 0 Å². The first-order valence-electron chi connectivity index (χ1n) is 9.86. The number of carbonyl (C=O) groups excluding carboxylic acids is 1. The molecular formula is C22H25FN4OS. The van der Waals surface area contributed by atoms with Gasteiger partial charge in [-0.2, -0.15) is 5.10 Å². The zero-order valence-electron chi connectivity index (χ0n) is 17.2. The lowest BCUT2D eigenvalue weighted by Crippen LogP contribution is -2.31. The molecule has 1 unspecified atom stereocenters. The van der Waals surface area contributed by atoms with E-state index in [1.165, 1.54) is 6.07 Å². The van der Waals surface area contributed by atoms with E-state index in [0.717, 1.165) is 56.2 Å². The van der Waals surface area contributed by atoms with Crippen molar-refractivity contribution in [2.75, 3.05) is 5.75 Å². The number of aromatic nitrogens is 3. The van der Waals surface area contributed by atoms with Gasteiger partial charge in [-0.05, 0) is 68.5 Å². The Morgan fingerprint density at radius 3 is 2.90 bits per heavy atom. The number of hydrogen-bond acceptors (Lipinski definition) is 4. The summed E-state index contributed by atoms with van der Waals surface area (Å²) in [4.78, 5) is 18.5. The Labute approximate surface area is 174 Å². The van der Waals surface area contributed by atoms with E-state index in [2.05, 4.69) is 17.3 Å². The van der Waals surface area contributed by atoms with Crippen molar-refractivity contribution in [3.8, 4) is 0 Å². The topological polar surface area (TPSA) is 59.8 Å². The average Bonchev–Trinajstić information content (AvgIpc) is 2.95. The lowest BCUT2D eigenvalue weighted by Gasteiger charge is -2.26. The molecule has 0 bridgehead atoms. The van der Waals surface area contributed by atoms with Crippen LogP contribution in [0.1, 0.15) is 47.0 Å². The molecule has 1 aliphatic heterocycles. The van der Waals surface area contributed by atoms with Crippen LogP contribution in [0.5, 0.6) is 0 Å². The van der Waals surface area contributed by atoms with Crippen LogP contribution in [0, 0.1) is 26.6 Å². The van der Waals surface area contributed by atoms with Gasteiger partial charge < -0.3 is 5.32 Å². The number of pyridine rings is 1. The highest BCUT2D eigenvalue weighted by Crippen LogP contribution is 2.36. The number of aryl methyl sites for hydroxylation is 4. The molecule has 29 heavy (non-hydrogen) atoms. The van der Waals surface area contributed by atoms with Crippen LogP contribution in [0.2, 0.25) is 0 Å². The second kappa shape index (κ2) is 7.78. The molecule has 0 spiro atoms. The van der Waals surface area contributed by atoms with E-state index >= 15 is 0 Å². The SMILES string of the molecule is Cc1nc2c(c(C)nn2C)c(C)c1CCC(=O)NC1CCSc2ccc(F)cc21. The molecule has 0 saturated carbocycles. The maximum absolute atomic E-state index is 13.7. The van der Waals surface area contributed by atoms with E-state index in [-0.39, 0.29) is 17.8 Å². The number of hydrogen-bond donors (Lipinski definition) is 1. The van der Waals surface area contributed by atoms with Gasteiger partial charge in [-0.25, -0.2) is 9.37 Å². The summed E-state index contributed by atoms with van der Waals surface area (Å²) in [5.74, 6) is 0.643. The van der Waals surface area contributed by atoms with Crippen molar-refractivity contribution in [3.63, 3.8) is 0 Å². The molecule has 0 saturated heterocycles. The zero-order chi connectivity index (χ0) is 20.7.